The third-order valence-corrected chi connectivity index (χ3v) is 8.65. The minimum absolute atomic E-state index is 0.174. The van der Waals surface area contributed by atoms with Gasteiger partial charge < -0.3 is 0 Å². The van der Waals surface area contributed by atoms with Crippen molar-refractivity contribution in [2.75, 3.05) is 10.2 Å². The lowest BCUT2D eigenvalue weighted by Crippen LogP contribution is -2.44. The van der Waals surface area contributed by atoms with E-state index >= 15 is 0 Å². The van der Waals surface area contributed by atoms with E-state index in [4.69, 9.17) is 0 Å². The Balaban J connectivity index is 1.92. The number of aryl methyl sites for hydroxylation is 2. The zero-order valence-corrected chi connectivity index (χ0v) is 17.5. The molecule has 3 aromatic rings. The Kier molecular flexibility index (Phi) is 4.17. The second-order valence-corrected chi connectivity index (χ2v) is 9.59. The number of aromatic nitrogens is 2. The van der Waals surface area contributed by atoms with Crippen LogP contribution in [0.3, 0.4) is 0 Å². The van der Waals surface area contributed by atoms with Crippen LogP contribution in [-0.4, -0.2) is 14.7 Å². The zero-order valence-electron chi connectivity index (χ0n) is 13.7. The number of para-hydroxylation sites is 1. The van der Waals surface area contributed by atoms with Gasteiger partial charge in [-0.3, -0.25) is 0 Å². The maximum absolute atomic E-state index is 13.6. The van der Waals surface area contributed by atoms with Gasteiger partial charge in [0.25, 0.3) is 0 Å². The molecular formula is C19H18IN2OS2+. The first-order chi connectivity index (χ1) is 12.3. The molecule has 2 aliphatic rings. The molecule has 0 unspecified atom stereocenters. The molecule has 0 N–H and O–H groups in total. The maximum atomic E-state index is 13.6. The lowest BCUT2D eigenvalue weighted by atomic mass is 9.97. The number of thioether (sulfide) groups is 1. The molecule has 1 aliphatic carbocycles. The zero-order chi connectivity index (χ0) is 17.0. The van der Waals surface area contributed by atoms with E-state index in [1.165, 1.54) is 28.1 Å². The second-order valence-electron chi connectivity index (χ2n) is 6.64. The molecule has 0 fully saturated rings. The Labute approximate surface area is 168 Å². The molecule has 25 heavy (non-hydrogen) atoms. The molecule has 0 radical (unpaired) electrons. The van der Waals surface area contributed by atoms with Crippen LogP contribution in [0.1, 0.15) is 29.3 Å². The molecule has 0 spiro atoms. The van der Waals surface area contributed by atoms with E-state index in [0.717, 1.165) is 39.3 Å². The normalized spacial score (nSPS) is 19.2. The molecule has 0 amide bonds. The van der Waals surface area contributed by atoms with Crippen LogP contribution >= 0.6 is 45.7 Å². The van der Waals surface area contributed by atoms with E-state index < -0.39 is 0 Å². The summed E-state index contributed by atoms with van der Waals surface area (Å²) in [4.78, 5) is 16.2. The van der Waals surface area contributed by atoms with Crippen molar-refractivity contribution in [3.8, 4) is 5.69 Å². The Morgan fingerprint density at radius 3 is 2.80 bits per heavy atom. The molecule has 3 heterocycles. The summed E-state index contributed by atoms with van der Waals surface area (Å²) in [6.45, 7) is 0. The van der Waals surface area contributed by atoms with Gasteiger partial charge in [-0.25, -0.2) is 9.36 Å². The van der Waals surface area contributed by atoms with Gasteiger partial charge in [-0.2, -0.15) is 4.57 Å². The minimum Gasteiger partial charge on any atom is -0.240 e. The molecule has 128 valence electrons. The van der Waals surface area contributed by atoms with Crippen LogP contribution in [0, 0.1) is 0 Å². The van der Waals surface area contributed by atoms with Crippen LogP contribution in [-0.2, 0) is 12.8 Å². The number of halogens is 1. The van der Waals surface area contributed by atoms with Crippen molar-refractivity contribution in [2.24, 2.45) is 0 Å². The highest BCUT2D eigenvalue weighted by atomic mass is 127. The van der Waals surface area contributed by atoms with Crippen LogP contribution in [0.25, 0.3) is 15.9 Å². The lowest BCUT2D eigenvalue weighted by molar-refractivity contribution is -0.722. The fraction of sp³-hybridized carbons (Fsp3) is 0.368. The van der Waals surface area contributed by atoms with Crippen molar-refractivity contribution in [3.05, 3.63) is 51.1 Å². The molecule has 0 saturated heterocycles. The summed E-state index contributed by atoms with van der Waals surface area (Å²) in [6.07, 6.45) is 4.65. The third-order valence-electron chi connectivity index (χ3n) is 5.15. The average Bonchev–Trinajstić information content (AvgIpc) is 3.24. The number of rotatable bonds is 2. The van der Waals surface area contributed by atoms with Gasteiger partial charge in [0.15, 0.2) is 4.83 Å². The van der Waals surface area contributed by atoms with Crippen molar-refractivity contribution in [1.29, 1.82) is 0 Å². The van der Waals surface area contributed by atoms with Gasteiger partial charge in [-0.1, -0.05) is 52.1 Å². The van der Waals surface area contributed by atoms with Crippen molar-refractivity contribution in [2.45, 2.75) is 36.9 Å². The number of thiophene rings is 1. The Morgan fingerprint density at radius 2 is 2.00 bits per heavy atom. The summed E-state index contributed by atoms with van der Waals surface area (Å²) in [5, 5.41) is 2.09. The lowest BCUT2D eigenvalue weighted by Gasteiger charge is -2.11. The van der Waals surface area contributed by atoms with Gasteiger partial charge in [0.1, 0.15) is 17.1 Å². The average molecular weight is 481 g/mol. The molecule has 0 saturated carbocycles. The summed E-state index contributed by atoms with van der Waals surface area (Å²) >= 11 is 6.18. The highest BCUT2D eigenvalue weighted by Gasteiger charge is 2.38. The fourth-order valence-corrected chi connectivity index (χ4v) is 7.90. The highest BCUT2D eigenvalue weighted by molar-refractivity contribution is 14.1. The SMILES string of the molecule is O=c1c2c3c(sc2[n+]2c(n1-c1ccccc1)SC[C@@H]2CI)CCCC3. The van der Waals surface area contributed by atoms with Crippen LogP contribution in [0.2, 0.25) is 0 Å². The summed E-state index contributed by atoms with van der Waals surface area (Å²) in [5.74, 6) is 1.05. The van der Waals surface area contributed by atoms with Gasteiger partial charge in [0.05, 0.1) is 0 Å². The van der Waals surface area contributed by atoms with Gasteiger partial charge in [-0.15, -0.1) is 0 Å². The Bertz CT molecular complexity index is 1030. The van der Waals surface area contributed by atoms with Gasteiger partial charge in [0.2, 0.25) is 0 Å². The predicted molar refractivity (Wildman–Crippen MR) is 113 cm³/mol. The van der Waals surface area contributed by atoms with E-state index in [9.17, 15) is 4.79 Å². The topological polar surface area (TPSA) is 25.9 Å². The number of alkyl halides is 1. The molecule has 5 rings (SSSR count). The van der Waals surface area contributed by atoms with Crippen LogP contribution in [0.4, 0.5) is 0 Å². The van der Waals surface area contributed by atoms with Crippen LogP contribution in [0.15, 0.2) is 40.3 Å². The van der Waals surface area contributed by atoms with Crippen molar-refractivity contribution in [1.82, 2.24) is 4.57 Å². The number of hydrogen-bond donors (Lipinski definition) is 0. The van der Waals surface area contributed by atoms with Gasteiger partial charge in [0, 0.05) is 15.1 Å². The second kappa shape index (κ2) is 6.39. The summed E-state index contributed by atoms with van der Waals surface area (Å²) in [7, 11) is 0. The van der Waals surface area contributed by atoms with Crippen molar-refractivity contribution < 1.29 is 4.57 Å². The van der Waals surface area contributed by atoms with Gasteiger partial charge in [-0.05, 0) is 55.1 Å². The van der Waals surface area contributed by atoms with Gasteiger partial charge >= 0.3 is 10.7 Å². The first kappa shape index (κ1) is 16.3. The van der Waals surface area contributed by atoms with Crippen molar-refractivity contribution in [3.63, 3.8) is 0 Å². The maximum Gasteiger partial charge on any atom is 0.352 e. The molecule has 1 aromatic carbocycles. The number of benzene rings is 1. The first-order valence-corrected chi connectivity index (χ1v) is 12.0. The van der Waals surface area contributed by atoms with Crippen LogP contribution in [0.5, 0.6) is 0 Å². The van der Waals surface area contributed by atoms with E-state index in [2.05, 4.69) is 27.2 Å². The number of fused-ring (bicyclic) bond motifs is 5. The fourth-order valence-electron chi connectivity index (χ4n) is 3.95. The largest absolute Gasteiger partial charge is 0.352 e. The monoisotopic (exact) mass is 481 g/mol. The van der Waals surface area contributed by atoms with E-state index in [1.54, 1.807) is 0 Å². The smallest absolute Gasteiger partial charge is 0.240 e. The summed E-state index contributed by atoms with van der Waals surface area (Å²) in [5.41, 5.74) is 2.49. The molecule has 6 heteroatoms. The summed E-state index contributed by atoms with van der Waals surface area (Å²) in [6, 6.07) is 10.6. The van der Waals surface area contributed by atoms with E-state index in [-0.39, 0.29) is 5.56 Å². The molecule has 3 nitrogen and oxygen atoms in total. The van der Waals surface area contributed by atoms with E-state index in [1.807, 2.05) is 58.0 Å². The Hall–Kier alpha value is -0.860. The number of hydrogen-bond acceptors (Lipinski definition) is 3. The highest BCUT2D eigenvalue weighted by Crippen LogP contribution is 2.37. The standard InChI is InChI=1S/C19H18IN2OS2/c20-10-13-11-24-19-21(12-6-2-1-3-7-12)17(23)16-14-8-4-5-9-15(14)25-18(16)22(13)19/h1-3,6-7,13H,4-5,8-11H2/q+1/t13-/m0/s1. The van der Waals surface area contributed by atoms with E-state index in [0.29, 0.717) is 6.04 Å². The Morgan fingerprint density at radius 1 is 1.20 bits per heavy atom. The molecular weight excluding hydrogens is 463 g/mol. The molecule has 1 aliphatic heterocycles. The molecule has 1 atom stereocenters. The predicted octanol–water partition coefficient (Wildman–Crippen LogP) is 4.30. The molecule has 2 aromatic heterocycles. The van der Waals surface area contributed by atoms with Crippen molar-refractivity contribution >= 4 is 55.9 Å². The number of nitrogens with zero attached hydrogens (tertiary/aromatic N) is 2. The first-order valence-electron chi connectivity index (χ1n) is 8.68. The quantitative estimate of drug-likeness (QED) is 0.236. The molecule has 0 bridgehead atoms. The summed E-state index contributed by atoms with van der Waals surface area (Å²) < 4.78 is 5.50. The van der Waals surface area contributed by atoms with Crippen LogP contribution < -0.4 is 10.1 Å². The minimum atomic E-state index is 0.174. The third kappa shape index (κ3) is 2.44.